The number of hydrogen-bond donors (Lipinski definition) is 10. The smallest absolute Gasteiger partial charge is 0.326 e. The largest absolute Gasteiger partial charge is 0.480 e. The van der Waals surface area contributed by atoms with Crippen LogP contribution in [0.5, 0.6) is 0 Å². The van der Waals surface area contributed by atoms with Crippen LogP contribution in [0.25, 0.3) is 0 Å². The van der Waals surface area contributed by atoms with Gasteiger partial charge in [0.15, 0.2) is 0 Å². The van der Waals surface area contributed by atoms with Gasteiger partial charge in [-0.2, -0.15) is 0 Å². The van der Waals surface area contributed by atoms with Gasteiger partial charge < -0.3 is 54.2 Å². The molecule has 0 bridgehead atoms. The lowest BCUT2D eigenvalue weighted by Gasteiger charge is -2.17. The monoisotopic (exact) mass is 531 g/mol. The summed E-state index contributed by atoms with van der Waals surface area (Å²) in [5.41, 5.74) is 15.0. The summed E-state index contributed by atoms with van der Waals surface area (Å²) in [5, 5.41) is 21.5. The molecule has 0 aliphatic heterocycles. The molecule has 19 heteroatoms. The molecular formula is C18H29N9O10. The molecule has 0 aliphatic carbocycles. The van der Waals surface area contributed by atoms with E-state index in [1.165, 1.54) is 0 Å². The first-order valence-electron chi connectivity index (χ1n) is 10.4. The van der Waals surface area contributed by atoms with E-state index in [1.807, 2.05) is 5.32 Å². The Morgan fingerprint density at radius 3 is 1.38 bits per heavy atom. The van der Waals surface area contributed by atoms with Crippen LogP contribution in [0.4, 0.5) is 0 Å². The highest BCUT2D eigenvalue weighted by atomic mass is 16.4. The maximum atomic E-state index is 12.3. The van der Waals surface area contributed by atoms with E-state index in [2.05, 4.69) is 26.6 Å². The number of nitrogens with two attached hydrogens (primary N) is 3. The zero-order chi connectivity index (χ0) is 28.5. The van der Waals surface area contributed by atoms with E-state index in [0.29, 0.717) is 0 Å². The van der Waals surface area contributed by atoms with Crippen molar-refractivity contribution in [3.8, 4) is 0 Å². The highest BCUT2D eigenvalue weighted by molar-refractivity contribution is 5.95. The maximum Gasteiger partial charge on any atom is 0.326 e. The quantitative estimate of drug-likeness (QED) is 0.0839. The van der Waals surface area contributed by atoms with E-state index < -0.39 is 104 Å². The second-order valence-electron chi connectivity index (χ2n) is 7.17. The van der Waals surface area contributed by atoms with Crippen LogP contribution in [0.2, 0.25) is 0 Å². The van der Waals surface area contributed by atoms with Gasteiger partial charge in [0.2, 0.25) is 47.3 Å². The minimum absolute atomic E-state index is 0.342. The number of hydrogen-bond acceptors (Lipinski definition) is 10. The fourth-order valence-corrected chi connectivity index (χ4v) is 2.33. The lowest BCUT2D eigenvalue weighted by atomic mass is 10.2. The third-order valence-corrected chi connectivity index (χ3v) is 4.04. The second-order valence-corrected chi connectivity index (χ2v) is 7.17. The van der Waals surface area contributed by atoms with E-state index in [4.69, 9.17) is 22.3 Å². The Morgan fingerprint density at radius 2 is 0.946 bits per heavy atom. The Kier molecular flexibility index (Phi) is 14.6. The predicted molar refractivity (Wildman–Crippen MR) is 120 cm³/mol. The van der Waals surface area contributed by atoms with E-state index in [0.717, 1.165) is 0 Å². The number of aliphatic carboxylic acids is 1. The Labute approximate surface area is 209 Å². The summed E-state index contributed by atoms with van der Waals surface area (Å²) in [6.45, 7) is -2.83. The highest BCUT2D eigenvalue weighted by Gasteiger charge is 2.24. The average molecular weight is 531 g/mol. The zero-order valence-electron chi connectivity index (χ0n) is 19.5. The van der Waals surface area contributed by atoms with Gasteiger partial charge in [-0.15, -0.1) is 0 Å². The minimum atomic E-state index is -1.60. The van der Waals surface area contributed by atoms with Gasteiger partial charge in [0, 0.05) is 0 Å². The van der Waals surface area contributed by atoms with E-state index in [-0.39, 0.29) is 6.54 Å². The van der Waals surface area contributed by atoms with E-state index in [9.17, 15) is 43.2 Å². The Balaban J connectivity index is 4.65. The molecule has 0 spiro atoms. The third-order valence-electron chi connectivity index (χ3n) is 4.04. The Hall–Kier alpha value is -4.81. The summed E-state index contributed by atoms with van der Waals surface area (Å²) in [4.78, 5) is 104. The van der Waals surface area contributed by atoms with Crippen molar-refractivity contribution < 1.29 is 48.3 Å². The standard InChI is InChI=1S/C18H29N9O10/c19-3-12(30)22-4-13(31)23-6-15(33)26-8(1-10(20)28)17(35)25-5-14(32)24-7-16(34)27-9(18(36)37)2-11(21)29/h8-9H,1-7,19H2,(H2,20,28)(H2,21,29)(H,22,30)(H,23,31)(H,24,32)(H,25,35)(H,26,33)(H,27,34)(H,36,37)/t8-,9-/m0/s1. The van der Waals surface area contributed by atoms with Crippen molar-refractivity contribution in [3.63, 3.8) is 0 Å². The molecule has 13 N–H and O–H groups in total. The van der Waals surface area contributed by atoms with Crippen LogP contribution in [0, 0.1) is 0 Å². The molecule has 0 aromatic carbocycles. The van der Waals surface area contributed by atoms with E-state index >= 15 is 0 Å². The molecule has 0 radical (unpaired) electrons. The summed E-state index contributed by atoms with van der Waals surface area (Å²) in [7, 11) is 0. The molecule has 0 aliphatic rings. The van der Waals surface area contributed by atoms with Gasteiger partial charge in [-0.3, -0.25) is 38.4 Å². The van der Waals surface area contributed by atoms with Crippen LogP contribution >= 0.6 is 0 Å². The lowest BCUT2D eigenvalue weighted by molar-refractivity contribution is -0.143. The molecule has 19 nitrogen and oxygen atoms in total. The summed E-state index contributed by atoms with van der Waals surface area (Å²) in [6.07, 6.45) is -1.33. The third kappa shape index (κ3) is 15.7. The van der Waals surface area contributed by atoms with Crippen molar-refractivity contribution in [3.05, 3.63) is 0 Å². The lowest BCUT2D eigenvalue weighted by Crippen LogP contribution is -2.53. The van der Waals surface area contributed by atoms with Crippen molar-refractivity contribution in [2.24, 2.45) is 17.2 Å². The number of carboxylic acid groups (broad SMARTS) is 1. The molecule has 0 aromatic rings. The molecule has 0 unspecified atom stereocenters. The number of nitrogens with one attached hydrogen (secondary N) is 6. The van der Waals surface area contributed by atoms with Gasteiger partial charge in [0.05, 0.1) is 45.6 Å². The summed E-state index contributed by atoms with van der Waals surface area (Å²) >= 11 is 0. The molecule has 0 saturated carbocycles. The molecule has 0 aromatic heterocycles. The number of carboxylic acids is 1. The van der Waals surface area contributed by atoms with Gasteiger partial charge in [-0.05, 0) is 0 Å². The zero-order valence-corrected chi connectivity index (χ0v) is 19.5. The molecule has 37 heavy (non-hydrogen) atoms. The molecule has 0 saturated heterocycles. The van der Waals surface area contributed by atoms with Crippen LogP contribution < -0.4 is 49.1 Å². The fraction of sp³-hybridized carbons (Fsp3) is 0.500. The first-order valence-corrected chi connectivity index (χ1v) is 10.4. The number of primary amides is 2. The van der Waals surface area contributed by atoms with Crippen LogP contribution in [0.15, 0.2) is 0 Å². The average Bonchev–Trinajstić information content (AvgIpc) is 2.81. The summed E-state index contributed by atoms with van der Waals surface area (Å²) in [5.74, 6) is -8.57. The molecule has 0 fully saturated rings. The van der Waals surface area contributed by atoms with Gasteiger partial charge in [-0.25, -0.2) is 4.79 Å². The number of amides is 8. The van der Waals surface area contributed by atoms with Crippen molar-refractivity contribution in [2.75, 3.05) is 32.7 Å². The summed E-state index contributed by atoms with van der Waals surface area (Å²) in [6, 6.07) is -3.12. The highest BCUT2D eigenvalue weighted by Crippen LogP contribution is 1.93. The number of carbonyl (C=O) groups excluding carboxylic acids is 8. The van der Waals surface area contributed by atoms with Crippen LogP contribution in [0.1, 0.15) is 12.8 Å². The predicted octanol–water partition coefficient (Wildman–Crippen LogP) is -7.79. The molecule has 8 amide bonds. The van der Waals surface area contributed by atoms with Gasteiger partial charge in [-0.1, -0.05) is 0 Å². The second kappa shape index (κ2) is 16.8. The molecule has 2 atom stereocenters. The Morgan fingerprint density at radius 1 is 0.568 bits per heavy atom. The maximum absolute atomic E-state index is 12.3. The van der Waals surface area contributed by atoms with Crippen molar-refractivity contribution in [1.82, 2.24) is 31.9 Å². The van der Waals surface area contributed by atoms with Gasteiger partial charge >= 0.3 is 5.97 Å². The van der Waals surface area contributed by atoms with Gasteiger partial charge in [0.25, 0.3) is 0 Å². The van der Waals surface area contributed by atoms with Crippen molar-refractivity contribution >= 4 is 53.2 Å². The minimum Gasteiger partial charge on any atom is -0.480 e. The normalized spacial score (nSPS) is 11.6. The van der Waals surface area contributed by atoms with Gasteiger partial charge in [0.1, 0.15) is 12.1 Å². The van der Waals surface area contributed by atoms with Crippen LogP contribution in [0.3, 0.4) is 0 Å². The molecular weight excluding hydrogens is 502 g/mol. The van der Waals surface area contributed by atoms with Crippen molar-refractivity contribution in [2.45, 2.75) is 24.9 Å². The first kappa shape index (κ1) is 32.2. The van der Waals surface area contributed by atoms with Crippen molar-refractivity contribution in [1.29, 1.82) is 0 Å². The topological polar surface area (TPSA) is 324 Å². The first-order chi connectivity index (χ1) is 17.2. The van der Waals surface area contributed by atoms with Crippen LogP contribution in [-0.2, 0) is 43.2 Å². The SMILES string of the molecule is NCC(=O)NCC(=O)NCC(=O)N[C@@H](CC(N)=O)C(=O)NCC(=O)NCC(=O)N[C@@H](CC(N)=O)C(=O)O. The number of carbonyl (C=O) groups is 9. The Bertz CT molecular complexity index is 924. The van der Waals surface area contributed by atoms with E-state index in [1.54, 1.807) is 0 Å². The molecule has 0 heterocycles. The fourth-order valence-electron chi connectivity index (χ4n) is 2.33. The summed E-state index contributed by atoms with van der Waals surface area (Å²) < 4.78 is 0. The molecule has 0 rings (SSSR count). The molecule has 206 valence electrons. The van der Waals surface area contributed by atoms with Crippen LogP contribution in [-0.4, -0.2) is 103 Å². The number of rotatable bonds is 17.